The molecular weight excluding hydrogens is 556 g/mol. The highest BCUT2D eigenvalue weighted by Crippen LogP contribution is 2.36. The van der Waals surface area contributed by atoms with Crippen LogP contribution in [0.3, 0.4) is 0 Å². The van der Waals surface area contributed by atoms with Crippen LogP contribution in [-0.2, 0) is 24.4 Å². The molecule has 1 aliphatic heterocycles. The number of anilines is 1. The number of hydrogen-bond acceptors (Lipinski definition) is 7. The van der Waals surface area contributed by atoms with Gasteiger partial charge in [0.05, 0.1) is 17.3 Å². The number of alkyl halides is 4. The van der Waals surface area contributed by atoms with Gasteiger partial charge in [0.25, 0.3) is 0 Å². The van der Waals surface area contributed by atoms with Crippen molar-refractivity contribution in [3.63, 3.8) is 0 Å². The number of carbonyl (C=O) groups is 1. The van der Waals surface area contributed by atoms with E-state index in [9.17, 15) is 18.0 Å². The molecule has 9 nitrogen and oxygen atoms in total. The third-order valence-electron chi connectivity index (χ3n) is 7.55. The minimum absolute atomic E-state index is 0.00785. The number of benzene rings is 2. The Morgan fingerprint density at radius 1 is 1.10 bits per heavy atom. The van der Waals surface area contributed by atoms with Crippen LogP contribution in [0, 0.1) is 0 Å². The minimum Gasteiger partial charge on any atom is -0.445 e. The van der Waals surface area contributed by atoms with Crippen molar-refractivity contribution in [3.05, 3.63) is 66.1 Å². The summed E-state index contributed by atoms with van der Waals surface area (Å²) in [6.07, 6.45) is -3.54. The maximum Gasteiger partial charge on any atom is 0.407 e. The van der Waals surface area contributed by atoms with Crippen molar-refractivity contribution in [2.24, 2.45) is 0 Å². The molecule has 4 aromatic rings. The molecule has 2 atom stereocenters. The average Bonchev–Trinajstić information content (AvgIpc) is 3.61. The van der Waals surface area contributed by atoms with Crippen LogP contribution in [0.1, 0.15) is 30.7 Å². The zero-order chi connectivity index (χ0) is 29.3. The SMILES string of the molecule is O=C(NCc1nc(-c2cc3c(N[C@@H]4CCN(C5CC5)C[C@@H]4F)cccc3n2CC(F)(F)F)no1)OCc1ccccc1. The number of amides is 1. The molecule has 2 aromatic carbocycles. The summed E-state index contributed by atoms with van der Waals surface area (Å²) in [5.41, 5.74) is 1.73. The van der Waals surface area contributed by atoms with Gasteiger partial charge in [-0.15, -0.1) is 0 Å². The zero-order valence-electron chi connectivity index (χ0n) is 22.6. The molecular formula is C29H30F4N6O3. The summed E-state index contributed by atoms with van der Waals surface area (Å²) in [6.45, 7) is -0.270. The molecule has 0 spiro atoms. The smallest absolute Gasteiger partial charge is 0.407 e. The second-order valence-corrected chi connectivity index (χ2v) is 10.7. The lowest BCUT2D eigenvalue weighted by Crippen LogP contribution is -2.48. The van der Waals surface area contributed by atoms with E-state index in [0.29, 0.717) is 35.6 Å². The van der Waals surface area contributed by atoms with E-state index in [1.165, 1.54) is 0 Å². The number of alkyl carbamates (subject to hydrolysis) is 1. The van der Waals surface area contributed by atoms with Crippen molar-refractivity contribution >= 4 is 22.7 Å². The van der Waals surface area contributed by atoms with Gasteiger partial charge in [-0.3, -0.25) is 4.90 Å². The van der Waals surface area contributed by atoms with Crippen LogP contribution in [-0.4, -0.2) is 63.2 Å². The van der Waals surface area contributed by atoms with Gasteiger partial charge in [0.2, 0.25) is 11.7 Å². The Bertz CT molecular complexity index is 1540. The predicted molar refractivity (Wildman–Crippen MR) is 146 cm³/mol. The van der Waals surface area contributed by atoms with Crippen molar-refractivity contribution in [2.75, 3.05) is 18.4 Å². The van der Waals surface area contributed by atoms with E-state index in [2.05, 4.69) is 25.7 Å². The summed E-state index contributed by atoms with van der Waals surface area (Å²) < 4.78 is 67.5. The van der Waals surface area contributed by atoms with Crippen LogP contribution in [0.2, 0.25) is 0 Å². The summed E-state index contributed by atoms with van der Waals surface area (Å²) >= 11 is 0. The van der Waals surface area contributed by atoms with Crippen molar-refractivity contribution in [3.8, 4) is 11.5 Å². The minimum atomic E-state index is -4.53. The monoisotopic (exact) mass is 586 g/mol. The first-order valence-electron chi connectivity index (χ1n) is 13.8. The fourth-order valence-electron chi connectivity index (χ4n) is 5.36. The molecule has 1 amide bonds. The molecule has 6 rings (SSSR count). The second-order valence-electron chi connectivity index (χ2n) is 10.7. The number of fused-ring (bicyclic) bond motifs is 1. The van der Waals surface area contributed by atoms with Gasteiger partial charge in [-0.2, -0.15) is 18.2 Å². The van der Waals surface area contributed by atoms with Gasteiger partial charge in [0.1, 0.15) is 25.9 Å². The lowest BCUT2D eigenvalue weighted by molar-refractivity contribution is -0.139. The number of ether oxygens (including phenoxy) is 1. The molecule has 222 valence electrons. The van der Waals surface area contributed by atoms with Gasteiger partial charge < -0.3 is 24.5 Å². The second kappa shape index (κ2) is 11.6. The highest BCUT2D eigenvalue weighted by atomic mass is 19.4. The number of carbonyl (C=O) groups excluding carboxylic acids is 1. The van der Waals surface area contributed by atoms with Gasteiger partial charge in [-0.25, -0.2) is 9.18 Å². The number of nitrogens with zero attached hydrogens (tertiary/aromatic N) is 4. The van der Waals surface area contributed by atoms with Crippen LogP contribution in [0.25, 0.3) is 22.4 Å². The molecule has 42 heavy (non-hydrogen) atoms. The third-order valence-corrected chi connectivity index (χ3v) is 7.55. The molecule has 2 N–H and O–H groups in total. The van der Waals surface area contributed by atoms with Crippen molar-refractivity contribution in [1.82, 2.24) is 24.9 Å². The number of hydrogen-bond donors (Lipinski definition) is 2. The van der Waals surface area contributed by atoms with E-state index in [4.69, 9.17) is 9.26 Å². The van der Waals surface area contributed by atoms with Crippen molar-refractivity contribution in [2.45, 2.75) is 63.4 Å². The quantitative estimate of drug-likeness (QED) is 0.244. The first kappa shape index (κ1) is 28.0. The van der Waals surface area contributed by atoms with Gasteiger partial charge in [-0.1, -0.05) is 41.6 Å². The number of rotatable bonds is 9. The first-order valence-corrected chi connectivity index (χ1v) is 13.8. The Balaban J connectivity index is 1.19. The van der Waals surface area contributed by atoms with Gasteiger partial charge >= 0.3 is 12.3 Å². The van der Waals surface area contributed by atoms with E-state index >= 15 is 4.39 Å². The molecule has 1 saturated heterocycles. The largest absolute Gasteiger partial charge is 0.445 e. The molecule has 1 saturated carbocycles. The van der Waals surface area contributed by atoms with E-state index in [0.717, 1.165) is 29.5 Å². The molecule has 0 radical (unpaired) electrons. The molecule has 0 unspecified atom stereocenters. The van der Waals surface area contributed by atoms with E-state index in [1.54, 1.807) is 24.3 Å². The highest BCUT2D eigenvalue weighted by molar-refractivity contribution is 5.96. The summed E-state index contributed by atoms with van der Waals surface area (Å²) in [7, 11) is 0. The summed E-state index contributed by atoms with van der Waals surface area (Å²) in [4.78, 5) is 18.5. The molecule has 13 heteroatoms. The molecule has 1 aliphatic carbocycles. The normalized spacial score (nSPS) is 19.6. The average molecular weight is 587 g/mol. The Kier molecular flexibility index (Phi) is 7.76. The summed E-state index contributed by atoms with van der Waals surface area (Å²) in [5, 5.41) is 10.1. The van der Waals surface area contributed by atoms with Crippen LogP contribution < -0.4 is 10.6 Å². The Hall–Kier alpha value is -4.13. The van der Waals surface area contributed by atoms with Crippen LogP contribution >= 0.6 is 0 Å². The molecule has 3 heterocycles. The Labute approximate surface area is 238 Å². The topological polar surface area (TPSA) is 97.5 Å². The highest BCUT2D eigenvalue weighted by Gasteiger charge is 2.37. The maximum absolute atomic E-state index is 15.1. The fourth-order valence-corrected chi connectivity index (χ4v) is 5.36. The van der Waals surface area contributed by atoms with E-state index in [-0.39, 0.29) is 30.6 Å². The third kappa shape index (κ3) is 6.51. The van der Waals surface area contributed by atoms with Crippen LogP contribution in [0.5, 0.6) is 0 Å². The Morgan fingerprint density at radius 3 is 2.64 bits per heavy atom. The van der Waals surface area contributed by atoms with Crippen LogP contribution in [0.4, 0.5) is 28.0 Å². The van der Waals surface area contributed by atoms with Gasteiger partial charge in [-0.05, 0) is 43.0 Å². The number of nitrogens with one attached hydrogen (secondary N) is 2. The standard InChI is InChI=1S/C29H30F4N6O3/c30-21-15-38(19-9-10-19)12-11-23(21)35-22-7-4-8-24-20(22)13-25(39(24)17-29(31,32)33)27-36-26(42-37-27)14-34-28(40)41-16-18-5-2-1-3-6-18/h1-8,13,19,21,23,35H,9-12,14-17H2,(H,34,40)/t21-,23+/m0/s1. The summed E-state index contributed by atoms with van der Waals surface area (Å²) in [5.74, 6) is -0.0801. The predicted octanol–water partition coefficient (Wildman–Crippen LogP) is 5.67. The van der Waals surface area contributed by atoms with Gasteiger partial charge in [0.15, 0.2) is 0 Å². The summed E-state index contributed by atoms with van der Waals surface area (Å²) in [6, 6.07) is 15.6. The number of halogens is 4. The molecule has 2 aliphatic rings. The van der Waals surface area contributed by atoms with Gasteiger partial charge in [0, 0.05) is 30.2 Å². The maximum atomic E-state index is 15.1. The first-order chi connectivity index (χ1) is 20.2. The molecule has 0 bridgehead atoms. The fraction of sp³-hybridized carbons (Fsp3) is 0.414. The van der Waals surface area contributed by atoms with Crippen LogP contribution in [0.15, 0.2) is 59.1 Å². The van der Waals surface area contributed by atoms with Crippen molar-refractivity contribution in [1.29, 1.82) is 0 Å². The lowest BCUT2D eigenvalue weighted by atomic mass is 10.0. The van der Waals surface area contributed by atoms with E-state index in [1.807, 2.05) is 30.3 Å². The Morgan fingerprint density at radius 2 is 1.90 bits per heavy atom. The molecule has 2 aromatic heterocycles. The lowest BCUT2D eigenvalue weighted by Gasteiger charge is -2.35. The molecule has 2 fully saturated rings. The number of piperidine rings is 1. The number of aromatic nitrogens is 3. The zero-order valence-corrected chi connectivity index (χ0v) is 22.6. The van der Waals surface area contributed by atoms with E-state index < -0.39 is 31.0 Å². The number of likely N-dealkylation sites (tertiary alicyclic amines) is 1. The van der Waals surface area contributed by atoms with Crippen molar-refractivity contribution < 1.29 is 31.6 Å².